The van der Waals surface area contributed by atoms with Gasteiger partial charge in [-0.05, 0) is 33.0 Å². The van der Waals surface area contributed by atoms with Gasteiger partial charge in [0.2, 0.25) is 11.8 Å². The molecule has 0 spiro atoms. The van der Waals surface area contributed by atoms with E-state index in [9.17, 15) is 9.59 Å². The standard InChI is InChI=1S/C19H29N3O2/c1-5-6-10-21-11-12-22(14-17(21)23)19(24)18(20(3)4)16-9-7-8-15(2)13-16/h7-9,13,18H,5-6,10-12,14H2,1-4H3/t18-/m0/s1. The van der Waals surface area contributed by atoms with E-state index in [-0.39, 0.29) is 24.4 Å². The maximum absolute atomic E-state index is 13.0. The van der Waals surface area contributed by atoms with Gasteiger partial charge in [-0.3, -0.25) is 14.5 Å². The molecule has 1 heterocycles. The molecule has 1 aromatic carbocycles. The van der Waals surface area contributed by atoms with Gasteiger partial charge in [-0.1, -0.05) is 43.2 Å². The summed E-state index contributed by atoms with van der Waals surface area (Å²) in [6, 6.07) is 7.68. The second-order valence-corrected chi connectivity index (χ2v) is 6.77. The zero-order valence-corrected chi connectivity index (χ0v) is 15.3. The Bertz CT molecular complexity index is 586. The number of amides is 2. The Balaban J connectivity index is 2.10. The average Bonchev–Trinajstić information content (AvgIpc) is 2.53. The summed E-state index contributed by atoms with van der Waals surface area (Å²) >= 11 is 0. The maximum Gasteiger partial charge on any atom is 0.245 e. The molecule has 0 aliphatic carbocycles. The van der Waals surface area contributed by atoms with Crippen molar-refractivity contribution < 1.29 is 9.59 Å². The van der Waals surface area contributed by atoms with Crippen LogP contribution in [0.4, 0.5) is 0 Å². The fraction of sp³-hybridized carbons (Fsp3) is 0.579. The smallest absolute Gasteiger partial charge is 0.245 e. The average molecular weight is 331 g/mol. The highest BCUT2D eigenvalue weighted by molar-refractivity contribution is 5.89. The second kappa shape index (κ2) is 8.29. The maximum atomic E-state index is 13.0. The normalized spacial score (nSPS) is 16.6. The number of aryl methyl sites for hydroxylation is 1. The van der Waals surface area contributed by atoms with Crippen LogP contribution in [0.5, 0.6) is 0 Å². The summed E-state index contributed by atoms with van der Waals surface area (Å²) in [6.45, 7) is 6.39. The van der Waals surface area contributed by atoms with Gasteiger partial charge in [-0.15, -0.1) is 0 Å². The van der Waals surface area contributed by atoms with Crippen molar-refractivity contribution in [1.82, 2.24) is 14.7 Å². The zero-order valence-electron chi connectivity index (χ0n) is 15.3. The van der Waals surface area contributed by atoms with E-state index in [1.165, 1.54) is 0 Å². The van der Waals surface area contributed by atoms with Crippen molar-refractivity contribution >= 4 is 11.8 Å². The molecule has 0 aromatic heterocycles. The fourth-order valence-corrected chi connectivity index (χ4v) is 3.16. The van der Waals surface area contributed by atoms with Crippen LogP contribution in [0.1, 0.15) is 36.9 Å². The molecule has 0 N–H and O–H groups in total. The van der Waals surface area contributed by atoms with Crippen molar-refractivity contribution in [3.05, 3.63) is 35.4 Å². The summed E-state index contributed by atoms with van der Waals surface area (Å²) in [5, 5.41) is 0. The first-order valence-electron chi connectivity index (χ1n) is 8.73. The van der Waals surface area contributed by atoms with Gasteiger partial charge in [0.25, 0.3) is 0 Å². The molecule has 0 bridgehead atoms. The predicted octanol–water partition coefficient (Wildman–Crippen LogP) is 2.07. The van der Waals surface area contributed by atoms with Crippen LogP contribution in [0.2, 0.25) is 0 Å². The lowest BCUT2D eigenvalue weighted by atomic mass is 10.0. The Hall–Kier alpha value is -1.88. The summed E-state index contributed by atoms with van der Waals surface area (Å²) in [6.07, 6.45) is 2.09. The van der Waals surface area contributed by atoms with Crippen molar-refractivity contribution in [2.75, 3.05) is 40.3 Å². The minimum Gasteiger partial charge on any atom is -0.339 e. The predicted molar refractivity (Wildman–Crippen MR) is 95.7 cm³/mol. The molecule has 1 aromatic rings. The highest BCUT2D eigenvalue weighted by Crippen LogP contribution is 2.23. The summed E-state index contributed by atoms with van der Waals surface area (Å²) in [5.74, 6) is 0.0684. The first kappa shape index (κ1) is 18.5. The molecular formula is C19H29N3O2. The van der Waals surface area contributed by atoms with Crippen LogP contribution >= 0.6 is 0 Å². The van der Waals surface area contributed by atoms with Gasteiger partial charge >= 0.3 is 0 Å². The molecule has 0 saturated carbocycles. The molecule has 1 aliphatic rings. The summed E-state index contributed by atoms with van der Waals surface area (Å²) in [4.78, 5) is 30.9. The number of nitrogens with zero attached hydrogens (tertiary/aromatic N) is 3. The van der Waals surface area contributed by atoms with Gasteiger partial charge in [-0.2, -0.15) is 0 Å². The van der Waals surface area contributed by atoms with E-state index < -0.39 is 0 Å². The van der Waals surface area contributed by atoms with E-state index in [1.807, 2.05) is 55.1 Å². The molecular weight excluding hydrogens is 302 g/mol. The number of carbonyl (C=O) groups excluding carboxylic acids is 2. The van der Waals surface area contributed by atoms with Crippen molar-refractivity contribution in [2.24, 2.45) is 0 Å². The van der Waals surface area contributed by atoms with Gasteiger partial charge in [0.05, 0.1) is 6.54 Å². The minimum atomic E-state index is -0.347. The Kier molecular flexibility index (Phi) is 6.37. The number of carbonyl (C=O) groups is 2. The van der Waals surface area contributed by atoms with E-state index in [1.54, 1.807) is 4.90 Å². The molecule has 0 radical (unpaired) electrons. The van der Waals surface area contributed by atoms with E-state index in [0.29, 0.717) is 13.1 Å². The third-order valence-corrected chi connectivity index (χ3v) is 4.52. The summed E-state index contributed by atoms with van der Waals surface area (Å²) in [7, 11) is 3.81. The van der Waals surface area contributed by atoms with Gasteiger partial charge in [-0.25, -0.2) is 0 Å². The van der Waals surface area contributed by atoms with Crippen molar-refractivity contribution in [3.8, 4) is 0 Å². The van der Waals surface area contributed by atoms with Gasteiger partial charge in [0, 0.05) is 19.6 Å². The van der Waals surface area contributed by atoms with Crippen LogP contribution in [0.15, 0.2) is 24.3 Å². The van der Waals surface area contributed by atoms with Crippen molar-refractivity contribution in [2.45, 2.75) is 32.7 Å². The first-order valence-corrected chi connectivity index (χ1v) is 8.73. The number of unbranched alkanes of at least 4 members (excludes halogenated alkanes) is 1. The molecule has 1 saturated heterocycles. The van der Waals surface area contributed by atoms with Crippen LogP contribution in [0, 0.1) is 6.92 Å². The highest BCUT2D eigenvalue weighted by atomic mass is 16.2. The molecule has 2 amide bonds. The molecule has 1 atom stereocenters. The first-order chi connectivity index (χ1) is 11.4. The molecule has 0 unspecified atom stereocenters. The van der Waals surface area contributed by atoms with Crippen molar-refractivity contribution in [1.29, 1.82) is 0 Å². The number of piperazine rings is 1. The third kappa shape index (κ3) is 4.35. The van der Waals surface area contributed by atoms with Crippen LogP contribution in [-0.2, 0) is 9.59 Å². The molecule has 1 fully saturated rings. The molecule has 132 valence electrons. The molecule has 24 heavy (non-hydrogen) atoms. The summed E-state index contributed by atoms with van der Waals surface area (Å²) in [5.41, 5.74) is 2.11. The molecule has 5 nitrogen and oxygen atoms in total. The highest BCUT2D eigenvalue weighted by Gasteiger charge is 2.32. The minimum absolute atomic E-state index is 0.00842. The monoisotopic (exact) mass is 331 g/mol. The Morgan fingerprint density at radius 1 is 1.29 bits per heavy atom. The quantitative estimate of drug-likeness (QED) is 0.801. The van der Waals surface area contributed by atoms with E-state index in [0.717, 1.165) is 30.5 Å². The van der Waals surface area contributed by atoms with Crippen molar-refractivity contribution in [3.63, 3.8) is 0 Å². The molecule has 1 aliphatic heterocycles. The third-order valence-electron chi connectivity index (χ3n) is 4.52. The van der Waals surface area contributed by atoms with E-state index in [4.69, 9.17) is 0 Å². The van der Waals surface area contributed by atoms with Crippen LogP contribution in [-0.4, -0.2) is 66.8 Å². The summed E-state index contributed by atoms with van der Waals surface area (Å²) < 4.78 is 0. The van der Waals surface area contributed by atoms with Gasteiger partial charge in [0.1, 0.15) is 6.04 Å². The number of benzene rings is 1. The lowest BCUT2D eigenvalue weighted by Crippen LogP contribution is -2.54. The Morgan fingerprint density at radius 3 is 2.62 bits per heavy atom. The van der Waals surface area contributed by atoms with Crippen LogP contribution in [0.25, 0.3) is 0 Å². The number of rotatable bonds is 6. The second-order valence-electron chi connectivity index (χ2n) is 6.77. The van der Waals surface area contributed by atoms with Crippen LogP contribution in [0.3, 0.4) is 0 Å². The number of likely N-dealkylation sites (N-methyl/N-ethyl adjacent to an activating group) is 1. The topological polar surface area (TPSA) is 43.9 Å². The van der Waals surface area contributed by atoms with E-state index >= 15 is 0 Å². The van der Waals surface area contributed by atoms with Gasteiger partial charge < -0.3 is 9.80 Å². The largest absolute Gasteiger partial charge is 0.339 e. The van der Waals surface area contributed by atoms with Gasteiger partial charge in [0.15, 0.2) is 0 Å². The van der Waals surface area contributed by atoms with Crippen LogP contribution < -0.4 is 0 Å². The SMILES string of the molecule is CCCCN1CCN(C(=O)[C@H](c2cccc(C)c2)N(C)C)CC1=O. The zero-order chi connectivity index (χ0) is 17.7. The lowest BCUT2D eigenvalue weighted by Gasteiger charge is -2.37. The Labute approximate surface area is 145 Å². The molecule has 5 heteroatoms. The number of hydrogen-bond acceptors (Lipinski definition) is 3. The fourth-order valence-electron chi connectivity index (χ4n) is 3.16. The Morgan fingerprint density at radius 2 is 2.04 bits per heavy atom. The lowest BCUT2D eigenvalue weighted by molar-refractivity contribution is -0.148. The molecule has 2 rings (SSSR count). The van der Waals surface area contributed by atoms with E-state index in [2.05, 4.69) is 6.92 Å². The number of hydrogen-bond donors (Lipinski definition) is 0.